The van der Waals surface area contributed by atoms with Gasteiger partial charge in [-0.05, 0) is 34.1 Å². The normalized spacial score (nSPS) is 14.4. The van der Waals surface area contributed by atoms with Crippen molar-refractivity contribution < 1.29 is 9.47 Å². The highest BCUT2D eigenvalue weighted by Crippen LogP contribution is 2.33. The molecule has 2 heterocycles. The van der Waals surface area contributed by atoms with Gasteiger partial charge in [-0.2, -0.15) is 0 Å². The first-order valence-corrected chi connectivity index (χ1v) is 6.23. The molecule has 4 nitrogen and oxygen atoms in total. The van der Waals surface area contributed by atoms with E-state index in [2.05, 4.69) is 25.9 Å². The van der Waals surface area contributed by atoms with Crippen molar-refractivity contribution in [3.63, 3.8) is 0 Å². The zero-order valence-electron chi connectivity index (χ0n) is 9.07. The third-order valence-corrected chi connectivity index (χ3v) is 3.01. The second kappa shape index (κ2) is 4.41. The number of hydrogen-bond donors (Lipinski definition) is 1. The fraction of sp³-hybridized carbons (Fsp3) is 0.250. The van der Waals surface area contributed by atoms with Gasteiger partial charge >= 0.3 is 0 Å². The standard InChI is InChI=1S/C12H11BrN2O2/c13-12-14-7-9(15-12)8-2-3-10-11(6-8)17-5-1-4-16-10/h2-3,6-7H,1,4-5H2,(H,14,15). The largest absolute Gasteiger partial charge is 0.490 e. The monoisotopic (exact) mass is 294 g/mol. The SMILES string of the molecule is Brc1ncc(-c2ccc3c(c2)OCCCO3)[nH]1. The maximum absolute atomic E-state index is 5.65. The third-order valence-electron chi connectivity index (χ3n) is 2.60. The van der Waals surface area contributed by atoms with Gasteiger partial charge in [0.15, 0.2) is 16.2 Å². The summed E-state index contributed by atoms with van der Waals surface area (Å²) in [6, 6.07) is 5.90. The molecule has 0 unspecified atom stereocenters. The lowest BCUT2D eigenvalue weighted by atomic mass is 10.1. The minimum Gasteiger partial charge on any atom is -0.490 e. The van der Waals surface area contributed by atoms with Crippen LogP contribution in [0.1, 0.15) is 6.42 Å². The van der Waals surface area contributed by atoms with Crippen molar-refractivity contribution in [2.24, 2.45) is 0 Å². The number of nitrogens with one attached hydrogen (secondary N) is 1. The number of nitrogens with zero attached hydrogens (tertiary/aromatic N) is 1. The molecule has 1 aromatic heterocycles. The highest BCUT2D eigenvalue weighted by molar-refractivity contribution is 9.10. The van der Waals surface area contributed by atoms with E-state index in [4.69, 9.17) is 9.47 Å². The van der Waals surface area contributed by atoms with E-state index >= 15 is 0 Å². The molecule has 1 aromatic carbocycles. The van der Waals surface area contributed by atoms with Gasteiger partial charge in [-0.25, -0.2) is 4.98 Å². The maximum Gasteiger partial charge on any atom is 0.174 e. The molecule has 0 radical (unpaired) electrons. The molecule has 0 bridgehead atoms. The van der Waals surface area contributed by atoms with Gasteiger partial charge in [0.25, 0.3) is 0 Å². The number of aromatic nitrogens is 2. The average Bonchev–Trinajstić information content (AvgIpc) is 2.64. The van der Waals surface area contributed by atoms with Crippen LogP contribution in [0, 0.1) is 0 Å². The van der Waals surface area contributed by atoms with Crippen LogP contribution in [0.4, 0.5) is 0 Å². The molecule has 5 heteroatoms. The Morgan fingerprint density at radius 1 is 1.18 bits per heavy atom. The van der Waals surface area contributed by atoms with Crippen molar-refractivity contribution >= 4 is 15.9 Å². The van der Waals surface area contributed by atoms with E-state index < -0.39 is 0 Å². The molecule has 1 N–H and O–H groups in total. The van der Waals surface area contributed by atoms with Gasteiger partial charge in [-0.3, -0.25) is 0 Å². The van der Waals surface area contributed by atoms with Gasteiger partial charge < -0.3 is 14.5 Å². The first-order chi connectivity index (χ1) is 8.33. The van der Waals surface area contributed by atoms with Crippen molar-refractivity contribution in [1.82, 2.24) is 9.97 Å². The molecule has 0 atom stereocenters. The van der Waals surface area contributed by atoms with Crippen LogP contribution in [0.15, 0.2) is 29.1 Å². The van der Waals surface area contributed by atoms with Gasteiger partial charge in [-0.15, -0.1) is 0 Å². The quantitative estimate of drug-likeness (QED) is 0.879. The second-order valence-corrected chi connectivity index (χ2v) is 4.55. The minimum atomic E-state index is 0.698. The number of imidazole rings is 1. The summed E-state index contributed by atoms with van der Waals surface area (Å²) < 4.78 is 12.0. The Bertz CT molecular complexity index is 539. The molecule has 88 valence electrons. The summed E-state index contributed by atoms with van der Waals surface area (Å²) >= 11 is 3.29. The number of hydrogen-bond acceptors (Lipinski definition) is 3. The van der Waals surface area contributed by atoms with Gasteiger partial charge in [0.05, 0.1) is 25.1 Å². The van der Waals surface area contributed by atoms with E-state index in [1.54, 1.807) is 6.20 Å². The minimum absolute atomic E-state index is 0.698. The summed E-state index contributed by atoms with van der Waals surface area (Å²) in [5.74, 6) is 1.61. The Balaban J connectivity index is 2.00. The van der Waals surface area contributed by atoms with Crippen LogP contribution in [0.3, 0.4) is 0 Å². The van der Waals surface area contributed by atoms with E-state index in [0.29, 0.717) is 13.2 Å². The van der Waals surface area contributed by atoms with Gasteiger partial charge in [-0.1, -0.05) is 0 Å². The van der Waals surface area contributed by atoms with E-state index in [9.17, 15) is 0 Å². The highest BCUT2D eigenvalue weighted by Gasteiger charge is 2.12. The van der Waals surface area contributed by atoms with Crippen molar-refractivity contribution in [3.8, 4) is 22.8 Å². The molecule has 0 spiro atoms. The summed E-state index contributed by atoms with van der Waals surface area (Å²) in [6.07, 6.45) is 2.70. The first kappa shape index (κ1) is 10.7. The van der Waals surface area contributed by atoms with E-state index in [1.807, 2.05) is 18.2 Å². The summed E-state index contributed by atoms with van der Waals surface area (Å²) in [5, 5.41) is 0. The first-order valence-electron chi connectivity index (χ1n) is 5.43. The Morgan fingerprint density at radius 3 is 2.76 bits per heavy atom. The van der Waals surface area contributed by atoms with Crippen molar-refractivity contribution in [3.05, 3.63) is 29.1 Å². The zero-order chi connectivity index (χ0) is 11.7. The number of benzene rings is 1. The number of rotatable bonds is 1. The van der Waals surface area contributed by atoms with Crippen LogP contribution >= 0.6 is 15.9 Å². The predicted octanol–water partition coefficient (Wildman–Crippen LogP) is 3.00. The third kappa shape index (κ3) is 2.15. The molecular formula is C12H11BrN2O2. The lowest BCUT2D eigenvalue weighted by Crippen LogP contribution is -1.97. The predicted molar refractivity (Wildman–Crippen MR) is 67.3 cm³/mol. The smallest absolute Gasteiger partial charge is 0.174 e. The molecule has 0 fully saturated rings. The number of ether oxygens (including phenoxy) is 2. The molecule has 17 heavy (non-hydrogen) atoms. The average molecular weight is 295 g/mol. The highest BCUT2D eigenvalue weighted by atomic mass is 79.9. The topological polar surface area (TPSA) is 47.1 Å². The number of halogens is 1. The molecule has 3 rings (SSSR count). The molecule has 0 saturated carbocycles. The van der Waals surface area contributed by atoms with Crippen molar-refractivity contribution in [2.75, 3.05) is 13.2 Å². The lowest BCUT2D eigenvalue weighted by molar-refractivity contribution is 0.297. The van der Waals surface area contributed by atoms with Crippen LogP contribution in [0.25, 0.3) is 11.3 Å². The van der Waals surface area contributed by atoms with Crippen LogP contribution in [0.5, 0.6) is 11.5 Å². The van der Waals surface area contributed by atoms with Crippen LogP contribution in [-0.4, -0.2) is 23.2 Å². The van der Waals surface area contributed by atoms with Crippen LogP contribution in [0.2, 0.25) is 0 Å². The molecule has 0 amide bonds. The van der Waals surface area contributed by atoms with Gasteiger partial charge in [0.1, 0.15) is 0 Å². The van der Waals surface area contributed by atoms with E-state index in [0.717, 1.165) is 33.9 Å². The second-order valence-electron chi connectivity index (χ2n) is 3.80. The van der Waals surface area contributed by atoms with Crippen molar-refractivity contribution in [1.29, 1.82) is 0 Å². The molecule has 2 aromatic rings. The lowest BCUT2D eigenvalue weighted by Gasteiger charge is -2.08. The maximum atomic E-state index is 5.65. The van der Waals surface area contributed by atoms with Gasteiger partial charge in [0.2, 0.25) is 0 Å². The van der Waals surface area contributed by atoms with Gasteiger partial charge in [0, 0.05) is 12.0 Å². The number of fused-ring (bicyclic) bond motifs is 1. The molecule has 1 aliphatic rings. The Morgan fingerprint density at radius 2 is 2.00 bits per heavy atom. The Hall–Kier alpha value is -1.49. The molecule has 0 aliphatic carbocycles. The van der Waals surface area contributed by atoms with Crippen LogP contribution in [-0.2, 0) is 0 Å². The molecule has 1 aliphatic heterocycles. The number of H-pyrrole nitrogens is 1. The summed E-state index contributed by atoms with van der Waals surface area (Å²) in [5.41, 5.74) is 1.99. The summed E-state index contributed by atoms with van der Waals surface area (Å²) in [6.45, 7) is 1.41. The Labute approximate surface area is 107 Å². The fourth-order valence-corrected chi connectivity index (χ4v) is 2.09. The summed E-state index contributed by atoms with van der Waals surface area (Å²) in [7, 11) is 0. The van der Waals surface area contributed by atoms with E-state index in [1.165, 1.54) is 0 Å². The fourth-order valence-electron chi connectivity index (χ4n) is 1.77. The van der Waals surface area contributed by atoms with Crippen LogP contribution < -0.4 is 9.47 Å². The molecule has 0 saturated heterocycles. The summed E-state index contributed by atoms with van der Waals surface area (Å²) in [4.78, 5) is 7.24. The zero-order valence-corrected chi connectivity index (χ0v) is 10.7. The number of aromatic amines is 1. The molecular weight excluding hydrogens is 284 g/mol. The van der Waals surface area contributed by atoms with Crippen molar-refractivity contribution in [2.45, 2.75) is 6.42 Å². The van der Waals surface area contributed by atoms with E-state index in [-0.39, 0.29) is 0 Å². The Kier molecular flexibility index (Phi) is 2.76.